The van der Waals surface area contributed by atoms with E-state index < -0.39 is 11.8 Å². The van der Waals surface area contributed by atoms with E-state index >= 15 is 0 Å². The SMILES string of the molecule is CC1(C)CC[C@@H](C#N)[C@@H](n2cc(C(N)=O)c(Nc3ccccc3)n2)C1.CC1(C)CC[C@H](C#N)[C@@H](n2cc(C(N)=O)c(Nc3ccccc3)n2)C1. The van der Waals surface area contributed by atoms with Crippen LogP contribution in [0.3, 0.4) is 0 Å². The zero-order valence-electron chi connectivity index (χ0n) is 29.1. The number of nitrogens with zero attached hydrogens (tertiary/aromatic N) is 6. The van der Waals surface area contributed by atoms with E-state index in [1.54, 1.807) is 21.8 Å². The van der Waals surface area contributed by atoms with Gasteiger partial charge in [-0.25, -0.2) is 0 Å². The van der Waals surface area contributed by atoms with Gasteiger partial charge in [-0.2, -0.15) is 20.7 Å². The van der Waals surface area contributed by atoms with Gasteiger partial charge in [0, 0.05) is 23.8 Å². The zero-order chi connectivity index (χ0) is 36.1. The minimum Gasteiger partial charge on any atom is -0.365 e. The predicted octanol–water partition coefficient (Wildman–Crippen LogP) is 7.23. The maximum absolute atomic E-state index is 11.9. The Balaban J connectivity index is 0.000000194. The first-order valence-corrected chi connectivity index (χ1v) is 17.0. The Morgan fingerprint density at radius 3 is 1.38 bits per heavy atom. The second-order valence-corrected chi connectivity index (χ2v) is 14.9. The molecule has 6 rings (SSSR count). The lowest BCUT2D eigenvalue weighted by molar-refractivity contribution is 0.0991. The number of benzene rings is 2. The minimum atomic E-state index is -0.534. The maximum Gasteiger partial charge on any atom is 0.254 e. The molecule has 2 aliphatic rings. The Kier molecular flexibility index (Phi) is 10.6. The summed E-state index contributed by atoms with van der Waals surface area (Å²) in [6.07, 6.45) is 8.73. The predicted molar refractivity (Wildman–Crippen MR) is 192 cm³/mol. The van der Waals surface area contributed by atoms with Crippen LogP contribution in [-0.2, 0) is 0 Å². The number of rotatable bonds is 8. The third-order valence-electron chi connectivity index (χ3n) is 9.80. The van der Waals surface area contributed by atoms with E-state index in [4.69, 9.17) is 11.5 Å². The van der Waals surface area contributed by atoms with Crippen LogP contribution in [0.2, 0.25) is 0 Å². The van der Waals surface area contributed by atoms with E-state index in [1.807, 2.05) is 60.7 Å². The Hall–Kier alpha value is -5.62. The molecule has 0 radical (unpaired) electrons. The fraction of sp³-hybridized carbons (Fsp3) is 0.421. The first kappa shape index (κ1) is 35.7. The van der Waals surface area contributed by atoms with Gasteiger partial charge in [0.1, 0.15) is 11.1 Å². The standard InChI is InChI=1S/2C19H23N5O/c2*1-19(2)9-8-13(11-20)16(10-19)24-12-15(17(21)25)18(23-24)22-14-6-4-3-5-7-14/h2*3-7,12-13,16H,8-10H2,1-2H3,(H2,21,25)(H,22,23)/t13-,16+;13-,16-/m10/s1. The molecule has 0 bridgehead atoms. The molecular weight excluding hydrogens is 628 g/mol. The van der Waals surface area contributed by atoms with E-state index in [0.717, 1.165) is 49.9 Å². The molecule has 0 aliphatic heterocycles. The van der Waals surface area contributed by atoms with Crippen LogP contribution in [0, 0.1) is 45.3 Å². The summed E-state index contributed by atoms with van der Waals surface area (Å²) < 4.78 is 3.50. The normalized spacial score (nSPS) is 22.1. The number of para-hydroxylation sites is 2. The van der Waals surface area contributed by atoms with Crippen molar-refractivity contribution in [3.8, 4) is 12.1 Å². The average molecular weight is 675 g/mol. The van der Waals surface area contributed by atoms with Crippen molar-refractivity contribution in [1.29, 1.82) is 10.5 Å². The number of nitrogens with one attached hydrogen (secondary N) is 2. The number of primary amides is 2. The molecule has 50 heavy (non-hydrogen) atoms. The number of hydrogen-bond acceptors (Lipinski definition) is 8. The Morgan fingerprint density at radius 2 is 1.06 bits per heavy atom. The van der Waals surface area contributed by atoms with Crippen molar-refractivity contribution in [2.24, 2.45) is 34.1 Å². The molecule has 2 fully saturated rings. The highest BCUT2D eigenvalue weighted by molar-refractivity contribution is 5.98. The summed E-state index contributed by atoms with van der Waals surface area (Å²) in [6.45, 7) is 8.81. The summed E-state index contributed by atoms with van der Waals surface area (Å²) in [5.41, 5.74) is 13.7. The van der Waals surface area contributed by atoms with E-state index in [1.165, 1.54) is 0 Å². The third kappa shape index (κ3) is 8.50. The van der Waals surface area contributed by atoms with E-state index in [9.17, 15) is 20.1 Å². The lowest BCUT2D eigenvalue weighted by Gasteiger charge is -2.38. The van der Waals surface area contributed by atoms with E-state index in [0.29, 0.717) is 22.8 Å². The van der Waals surface area contributed by atoms with Gasteiger partial charge in [0.2, 0.25) is 0 Å². The van der Waals surface area contributed by atoms with E-state index in [2.05, 4.69) is 60.7 Å². The molecule has 0 spiro atoms. The van der Waals surface area contributed by atoms with Crippen LogP contribution < -0.4 is 22.1 Å². The highest BCUT2D eigenvalue weighted by Gasteiger charge is 2.38. The molecule has 6 N–H and O–H groups in total. The fourth-order valence-corrected chi connectivity index (χ4v) is 6.94. The highest BCUT2D eigenvalue weighted by atomic mass is 16.1. The topological polar surface area (TPSA) is 193 Å². The average Bonchev–Trinajstić information content (AvgIpc) is 3.70. The van der Waals surface area contributed by atoms with Crippen LogP contribution in [0.1, 0.15) is 99.0 Å². The van der Waals surface area contributed by atoms with Crippen LogP contribution in [0.4, 0.5) is 23.0 Å². The fourth-order valence-electron chi connectivity index (χ4n) is 6.94. The lowest BCUT2D eigenvalue weighted by Crippen LogP contribution is -2.31. The number of amides is 2. The third-order valence-corrected chi connectivity index (χ3v) is 9.80. The number of carbonyl (C=O) groups excluding carboxylic acids is 2. The van der Waals surface area contributed by atoms with Crippen molar-refractivity contribution < 1.29 is 9.59 Å². The van der Waals surface area contributed by atoms with Gasteiger partial charge in [-0.05, 0) is 73.6 Å². The molecule has 12 heteroatoms. The van der Waals surface area contributed by atoms with Crippen molar-refractivity contribution in [3.63, 3.8) is 0 Å². The summed E-state index contributed by atoms with van der Waals surface area (Å²) in [6, 6.07) is 23.7. The number of nitrogens with two attached hydrogens (primary N) is 2. The smallest absolute Gasteiger partial charge is 0.254 e. The molecule has 2 heterocycles. The van der Waals surface area contributed by atoms with Crippen molar-refractivity contribution in [3.05, 3.63) is 84.2 Å². The van der Waals surface area contributed by atoms with Crippen molar-refractivity contribution in [2.75, 3.05) is 10.6 Å². The molecule has 12 nitrogen and oxygen atoms in total. The monoisotopic (exact) mass is 674 g/mol. The Bertz CT molecular complexity index is 1740. The molecule has 0 unspecified atom stereocenters. The molecule has 260 valence electrons. The summed E-state index contributed by atoms with van der Waals surface area (Å²) in [5, 5.41) is 34.5. The van der Waals surface area contributed by atoms with Gasteiger partial charge in [-0.3, -0.25) is 19.0 Å². The molecule has 4 aromatic rings. The van der Waals surface area contributed by atoms with Crippen molar-refractivity contribution in [1.82, 2.24) is 19.6 Å². The van der Waals surface area contributed by atoms with Crippen LogP contribution in [0.25, 0.3) is 0 Å². The summed E-state index contributed by atoms with van der Waals surface area (Å²) in [7, 11) is 0. The van der Waals surface area contributed by atoms with Crippen molar-refractivity contribution >= 4 is 34.8 Å². The number of hydrogen-bond donors (Lipinski definition) is 4. The molecule has 0 saturated heterocycles. The van der Waals surface area contributed by atoms with Crippen molar-refractivity contribution in [2.45, 2.75) is 78.3 Å². The van der Waals surface area contributed by atoms with Crippen LogP contribution in [0.5, 0.6) is 0 Å². The van der Waals surface area contributed by atoms with Crippen LogP contribution in [0.15, 0.2) is 73.1 Å². The Labute approximate surface area is 293 Å². The van der Waals surface area contributed by atoms with Gasteiger partial charge in [0.15, 0.2) is 11.6 Å². The lowest BCUT2D eigenvalue weighted by atomic mass is 9.71. The number of carbonyl (C=O) groups is 2. The van der Waals surface area contributed by atoms with Gasteiger partial charge < -0.3 is 22.1 Å². The van der Waals surface area contributed by atoms with Gasteiger partial charge in [-0.15, -0.1) is 0 Å². The largest absolute Gasteiger partial charge is 0.365 e. The first-order valence-electron chi connectivity index (χ1n) is 17.0. The maximum atomic E-state index is 11.9. The van der Waals surface area contributed by atoms with Crippen LogP contribution >= 0.6 is 0 Å². The Morgan fingerprint density at radius 1 is 0.700 bits per heavy atom. The molecule has 2 amide bonds. The molecule has 2 aromatic carbocycles. The summed E-state index contributed by atoms with van der Waals surface area (Å²) in [5.74, 6) is -0.435. The molecular formula is C38H46N10O2. The summed E-state index contributed by atoms with van der Waals surface area (Å²) >= 11 is 0. The highest BCUT2D eigenvalue weighted by Crippen LogP contribution is 2.45. The number of nitriles is 2. The molecule has 2 aromatic heterocycles. The minimum absolute atomic E-state index is 0.0572. The molecule has 2 aliphatic carbocycles. The molecule has 2 saturated carbocycles. The zero-order valence-corrected chi connectivity index (χ0v) is 29.1. The van der Waals surface area contributed by atoms with Gasteiger partial charge in [0.25, 0.3) is 11.8 Å². The number of aromatic nitrogens is 4. The quantitative estimate of drug-likeness (QED) is 0.150. The van der Waals surface area contributed by atoms with Gasteiger partial charge >= 0.3 is 0 Å². The van der Waals surface area contributed by atoms with Gasteiger partial charge in [0.05, 0.1) is 36.1 Å². The van der Waals surface area contributed by atoms with Crippen LogP contribution in [-0.4, -0.2) is 31.4 Å². The number of anilines is 4. The second kappa shape index (κ2) is 14.9. The van der Waals surface area contributed by atoms with E-state index in [-0.39, 0.29) is 34.7 Å². The summed E-state index contributed by atoms with van der Waals surface area (Å²) in [4.78, 5) is 23.7. The second-order valence-electron chi connectivity index (χ2n) is 14.9. The van der Waals surface area contributed by atoms with Gasteiger partial charge in [-0.1, -0.05) is 64.1 Å². The first-order chi connectivity index (χ1) is 23.8. The molecule has 4 atom stereocenters.